The average Bonchev–Trinajstić information content (AvgIpc) is 2.84. The number of aliphatic carboxylic acids is 1. The Morgan fingerprint density at radius 1 is 1.58 bits per heavy atom. The second kappa shape index (κ2) is 7.43. The predicted molar refractivity (Wildman–Crippen MR) is 77.5 cm³/mol. The third-order valence-corrected chi connectivity index (χ3v) is 4.49. The van der Waals surface area contributed by atoms with E-state index in [4.69, 9.17) is 0 Å². The zero-order chi connectivity index (χ0) is 14.3. The molecule has 1 aliphatic heterocycles. The lowest BCUT2D eigenvalue weighted by molar-refractivity contribution is -0.148. The van der Waals surface area contributed by atoms with Crippen LogP contribution in [0.3, 0.4) is 0 Å². The van der Waals surface area contributed by atoms with E-state index < -0.39 is 11.4 Å². The van der Waals surface area contributed by atoms with Crippen molar-refractivity contribution in [2.45, 2.75) is 19.8 Å². The Hall–Kier alpha value is -1.17. The summed E-state index contributed by atoms with van der Waals surface area (Å²) in [5.41, 5.74) is -0.755. The smallest absolute Gasteiger partial charge is 0.317 e. The van der Waals surface area contributed by atoms with Crippen molar-refractivity contribution >= 4 is 23.8 Å². The molecule has 1 aliphatic rings. The van der Waals surface area contributed by atoms with Gasteiger partial charge in [-0.2, -0.15) is 11.8 Å². The van der Waals surface area contributed by atoms with Crippen LogP contribution in [0.5, 0.6) is 0 Å². The maximum atomic E-state index is 11.9. The molecule has 108 valence electrons. The molecule has 2 N–H and O–H groups in total. The van der Waals surface area contributed by atoms with E-state index in [1.165, 1.54) is 0 Å². The first-order valence-corrected chi connectivity index (χ1v) is 7.66. The lowest BCUT2D eigenvalue weighted by Gasteiger charge is -2.23. The monoisotopic (exact) mass is 286 g/mol. The molecule has 0 aliphatic carbocycles. The Kier molecular flexibility index (Phi) is 6.21. The van der Waals surface area contributed by atoms with E-state index in [0.29, 0.717) is 32.5 Å². The molecule has 6 heteroatoms. The minimum Gasteiger partial charge on any atom is -0.481 e. The van der Waals surface area contributed by atoms with Gasteiger partial charge in [0.2, 0.25) is 0 Å². The van der Waals surface area contributed by atoms with Gasteiger partial charge in [0.1, 0.15) is 0 Å². The number of carboxylic acids is 1. The van der Waals surface area contributed by atoms with Crippen molar-refractivity contribution in [1.29, 1.82) is 0 Å². The number of hydrogen-bond donors (Lipinski definition) is 2. The number of amides is 2. The van der Waals surface area contributed by atoms with E-state index in [-0.39, 0.29) is 6.03 Å². The highest BCUT2D eigenvalue weighted by atomic mass is 32.2. The molecule has 0 spiro atoms. The molecule has 1 rings (SSSR count). The van der Waals surface area contributed by atoms with Gasteiger partial charge in [-0.25, -0.2) is 4.79 Å². The third-order valence-electron chi connectivity index (χ3n) is 3.53. The standard InChI is InChI=1S/C13H22N2O3S/c1-3-8-19-9-6-14-12(18)15-7-5-13(4-2,10-15)11(16)17/h3H,1,4-10H2,2H3,(H,14,18)(H,16,17). The van der Waals surface area contributed by atoms with Crippen LogP contribution in [-0.4, -0.2) is 53.1 Å². The highest BCUT2D eigenvalue weighted by Crippen LogP contribution is 2.34. The number of rotatable bonds is 7. The molecule has 0 aromatic carbocycles. The van der Waals surface area contributed by atoms with Gasteiger partial charge in [-0.1, -0.05) is 13.0 Å². The fourth-order valence-corrected chi connectivity index (χ4v) is 2.75. The number of nitrogens with zero attached hydrogens (tertiary/aromatic N) is 1. The van der Waals surface area contributed by atoms with Gasteiger partial charge in [0.15, 0.2) is 0 Å². The number of nitrogens with one attached hydrogen (secondary N) is 1. The number of carbonyl (C=O) groups is 2. The summed E-state index contributed by atoms with van der Waals surface area (Å²) < 4.78 is 0. The molecule has 5 nitrogen and oxygen atoms in total. The van der Waals surface area contributed by atoms with Crippen molar-refractivity contribution in [3.05, 3.63) is 12.7 Å². The first-order chi connectivity index (χ1) is 9.05. The van der Waals surface area contributed by atoms with Crippen LogP contribution < -0.4 is 5.32 Å². The summed E-state index contributed by atoms with van der Waals surface area (Å²) in [4.78, 5) is 24.8. The van der Waals surface area contributed by atoms with E-state index >= 15 is 0 Å². The molecule has 1 atom stereocenters. The van der Waals surface area contributed by atoms with Crippen molar-refractivity contribution in [3.63, 3.8) is 0 Å². The zero-order valence-corrected chi connectivity index (χ0v) is 12.2. The van der Waals surface area contributed by atoms with Crippen LogP contribution in [0, 0.1) is 5.41 Å². The fourth-order valence-electron chi connectivity index (χ4n) is 2.17. The second-order valence-electron chi connectivity index (χ2n) is 4.71. The van der Waals surface area contributed by atoms with Gasteiger partial charge < -0.3 is 15.3 Å². The molecule has 0 aromatic rings. The van der Waals surface area contributed by atoms with E-state index in [1.54, 1.807) is 16.7 Å². The summed E-state index contributed by atoms with van der Waals surface area (Å²) in [6.07, 6.45) is 2.92. The number of carbonyl (C=O) groups excluding carboxylic acids is 1. The van der Waals surface area contributed by atoms with Gasteiger partial charge in [-0.05, 0) is 12.8 Å². The molecule has 0 aromatic heterocycles. The SMILES string of the molecule is C=CCSCCNC(=O)N1CCC(CC)(C(=O)O)C1. The molecule has 1 saturated heterocycles. The Bertz CT molecular complexity index is 349. The van der Waals surface area contributed by atoms with Gasteiger partial charge in [0.25, 0.3) is 0 Å². The van der Waals surface area contributed by atoms with Gasteiger partial charge in [-0.3, -0.25) is 4.79 Å². The quantitative estimate of drug-likeness (QED) is 0.553. The molecular weight excluding hydrogens is 264 g/mol. The fraction of sp³-hybridized carbons (Fsp3) is 0.692. The van der Waals surface area contributed by atoms with Gasteiger partial charge >= 0.3 is 12.0 Å². The Morgan fingerprint density at radius 3 is 2.84 bits per heavy atom. The van der Waals surface area contributed by atoms with Crippen LogP contribution in [-0.2, 0) is 4.79 Å². The van der Waals surface area contributed by atoms with Crippen molar-refractivity contribution in [2.75, 3.05) is 31.1 Å². The summed E-state index contributed by atoms with van der Waals surface area (Å²) in [5.74, 6) is 0.910. The largest absolute Gasteiger partial charge is 0.481 e. The van der Waals surface area contributed by atoms with Crippen molar-refractivity contribution in [2.24, 2.45) is 5.41 Å². The maximum Gasteiger partial charge on any atom is 0.317 e. The minimum atomic E-state index is -0.799. The molecule has 1 fully saturated rings. The minimum absolute atomic E-state index is 0.157. The normalized spacial score (nSPS) is 22.3. The topological polar surface area (TPSA) is 69.6 Å². The van der Waals surface area contributed by atoms with Crippen molar-refractivity contribution < 1.29 is 14.7 Å². The lowest BCUT2D eigenvalue weighted by atomic mass is 9.84. The molecule has 2 amide bonds. The Balaban J connectivity index is 2.35. The second-order valence-corrected chi connectivity index (χ2v) is 5.86. The van der Waals surface area contributed by atoms with E-state index in [9.17, 15) is 14.7 Å². The number of hydrogen-bond acceptors (Lipinski definition) is 3. The molecular formula is C13H22N2O3S. The average molecular weight is 286 g/mol. The Morgan fingerprint density at radius 2 is 2.32 bits per heavy atom. The van der Waals surface area contributed by atoms with Crippen LogP contribution >= 0.6 is 11.8 Å². The number of thioether (sulfide) groups is 1. The van der Waals surface area contributed by atoms with Crippen molar-refractivity contribution in [3.8, 4) is 0 Å². The van der Waals surface area contributed by atoms with Gasteiger partial charge in [0.05, 0.1) is 5.41 Å². The highest BCUT2D eigenvalue weighted by Gasteiger charge is 2.44. The summed E-state index contributed by atoms with van der Waals surface area (Å²) in [7, 11) is 0. The summed E-state index contributed by atoms with van der Waals surface area (Å²) in [5, 5.41) is 12.1. The van der Waals surface area contributed by atoms with E-state index in [0.717, 1.165) is 11.5 Å². The lowest BCUT2D eigenvalue weighted by Crippen LogP contribution is -2.42. The number of likely N-dealkylation sites (tertiary alicyclic amines) is 1. The molecule has 0 bridgehead atoms. The van der Waals surface area contributed by atoms with Crippen molar-refractivity contribution in [1.82, 2.24) is 10.2 Å². The van der Waals surface area contributed by atoms with Crippen LogP contribution in [0.2, 0.25) is 0 Å². The Labute approximate surface area is 118 Å². The maximum absolute atomic E-state index is 11.9. The van der Waals surface area contributed by atoms with Gasteiger partial charge in [-0.15, -0.1) is 6.58 Å². The number of carboxylic acid groups (broad SMARTS) is 1. The zero-order valence-electron chi connectivity index (χ0n) is 11.4. The summed E-state index contributed by atoms with van der Waals surface area (Å²) in [6, 6.07) is -0.157. The number of urea groups is 1. The predicted octanol–water partition coefficient (Wildman–Crippen LogP) is 1.80. The first kappa shape index (κ1) is 15.9. The van der Waals surface area contributed by atoms with Crippen LogP contribution in [0.15, 0.2) is 12.7 Å². The highest BCUT2D eigenvalue weighted by molar-refractivity contribution is 7.99. The summed E-state index contributed by atoms with van der Waals surface area (Å²) in [6.45, 7) is 6.92. The third kappa shape index (κ3) is 4.16. The molecule has 19 heavy (non-hydrogen) atoms. The molecule has 1 heterocycles. The molecule has 1 unspecified atom stereocenters. The first-order valence-electron chi connectivity index (χ1n) is 6.50. The van der Waals surface area contributed by atoms with Crippen LogP contribution in [0.25, 0.3) is 0 Å². The van der Waals surface area contributed by atoms with E-state index in [2.05, 4.69) is 11.9 Å². The van der Waals surface area contributed by atoms with Crippen LogP contribution in [0.4, 0.5) is 4.79 Å². The molecule has 0 saturated carbocycles. The summed E-state index contributed by atoms with van der Waals surface area (Å²) >= 11 is 1.70. The van der Waals surface area contributed by atoms with Gasteiger partial charge in [0, 0.05) is 31.1 Å². The van der Waals surface area contributed by atoms with E-state index in [1.807, 2.05) is 13.0 Å². The molecule has 0 radical (unpaired) electrons. The van der Waals surface area contributed by atoms with Crippen LogP contribution in [0.1, 0.15) is 19.8 Å².